The minimum absolute atomic E-state index is 0.389. The van der Waals surface area contributed by atoms with Gasteiger partial charge in [0.15, 0.2) is 0 Å². The SMILES string of the molecule is CC.CCC(C)C1CCC(C(C)=O)CC1. The molecule has 1 heteroatoms. The fourth-order valence-electron chi connectivity index (χ4n) is 2.43. The quantitative estimate of drug-likeness (QED) is 0.675. The molecule has 0 N–H and O–H groups in total. The molecule has 1 aliphatic carbocycles. The minimum atomic E-state index is 0.389. The van der Waals surface area contributed by atoms with Gasteiger partial charge in [-0.25, -0.2) is 0 Å². The Morgan fingerprint density at radius 2 is 1.67 bits per heavy atom. The molecule has 1 atom stereocenters. The van der Waals surface area contributed by atoms with Crippen LogP contribution in [0.1, 0.15) is 66.7 Å². The number of carbonyl (C=O) groups excluding carboxylic acids is 1. The normalized spacial score (nSPS) is 27.5. The van der Waals surface area contributed by atoms with Crippen LogP contribution in [-0.4, -0.2) is 5.78 Å². The fourth-order valence-corrected chi connectivity index (χ4v) is 2.43. The molecule has 15 heavy (non-hydrogen) atoms. The molecule has 1 nitrogen and oxygen atoms in total. The molecule has 0 bridgehead atoms. The van der Waals surface area contributed by atoms with E-state index in [-0.39, 0.29) is 0 Å². The molecule has 0 spiro atoms. The van der Waals surface area contributed by atoms with E-state index in [2.05, 4.69) is 13.8 Å². The van der Waals surface area contributed by atoms with Crippen molar-refractivity contribution in [1.82, 2.24) is 0 Å². The van der Waals surface area contributed by atoms with Gasteiger partial charge in [0, 0.05) is 5.92 Å². The second-order valence-corrected chi connectivity index (χ2v) is 4.61. The van der Waals surface area contributed by atoms with Gasteiger partial charge in [0.2, 0.25) is 0 Å². The van der Waals surface area contributed by atoms with Gasteiger partial charge >= 0.3 is 0 Å². The van der Waals surface area contributed by atoms with Crippen LogP contribution in [0.3, 0.4) is 0 Å². The van der Waals surface area contributed by atoms with E-state index in [1.54, 1.807) is 6.92 Å². The molecule has 1 aliphatic rings. The summed E-state index contributed by atoms with van der Waals surface area (Å²) in [6, 6.07) is 0. The van der Waals surface area contributed by atoms with Crippen LogP contribution in [0.2, 0.25) is 0 Å². The second-order valence-electron chi connectivity index (χ2n) is 4.61. The highest BCUT2D eigenvalue weighted by atomic mass is 16.1. The predicted octanol–water partition coefficient (Wildman–Crippen LogP) is 4.45. The third-order valence-corrected chi connectivity index (χ3v) is 3.80. The van der Waals surface area contributed by atoms with Crippen molar-refractivity contribution >= 4 is 5.78 Å². The molecule has 90 valence electrons. The summed E-state index contributed by atoms with van der Waals surface area (Å²) >= 11 is 0. The van der Waals surface area contributed by atoms with Gasteiger partial charge in [-0.2, -0.15) is 0 Å². The zero-order chi connectivity index (χ0) is 11.8. The summed E-state index contributed by atoms with van der Waals surface area (Å²) in [5.41, 5.74) is 0. The van der Waals surface area contributed by atoms with E-state index in [1.807, 2.05) is 13.8 Å². The standard InChI is InChI=1S/C12H22O.C2H6/c1-4-9(2)11-5-7-12(8-6-11)10(3)13;1-2/h9,11-12H,4-8H2,1-3H3;1-2H3. The highest BCUT2D eigenvalue weighted by Crippen LogP contribution is 2.34. The van der Waals surface area contributed by atoms with E-state index in [9.17, 15) is 4.79 Å². The lowest BCUT2D eigenvalue weighted by molar-refractivity contribution is -0.122. The average Bonchev–Trinajstić information content (AvgIpc) is 2.31. The lowest BCUT2D eigenvalue weighted by Crippen LogP contribution is -2.23. The number of hydrogen-bond donors (Lipinski definition) is 0. The maximum Gasteiger partial charge on any atom is 0.132 e. The van der Waals surface area contributed by atoms with Crippen molar-refractivity contribution in [3.8, 4) is 0 Å². The Labute approximate surface area is 95.6 Å². The molecular weight excluding hydrogens is 184 g/mol. The molecule has 0 amide bonds. The van der Waals surface area contributed by atoms with Crippen LogP contribution < -0.4 is 0 Å². The van der Waals surface area contributed by atoms with E-state index in [0.717, 1.165) is 24.7 Å². The van der Waals surface area contributed by atoms with Crippen LogP contribution in [-0.2, 0) is 4.79 Å². The molecule has 1 fully saturated rings. The van der Waals surface area contributed by atoms with E-state index >= 15 is 0 Å². The summed E-state index contributed by atoms with van der Waals surface area (Å²) in [4.78, 5) is 11.1. The van der Waals surface area contributed by atoms with Crippen LogP contribution in [0.5, 0.6) is 0 Å². The average molecular weight is 212 g/mol. The summed E-state index contributed by atoms with van der Waals surface area (Å²) in [5.74, 6) is 2.54. The number of rotatable bonds is 3. The number of carbonyl (C=O) groups is 1. The summed E-state index contributed by atoms with van der Waals surface area (Å²) in [6.07, 6.45) is 6.13. The van der Waals surface area contributed by atoms with E-state index in [0.29, 0.717) is 11.7 Å². The van der Waals surface area contributed by atoms with Gasteiger partial charge in [-0.1, -0.05) is 34.1 Å². The Morgan fingerprint density at radius 1 is 1.20 bits per heavy atom. The van der Waals surface area contributed by atoms with Crippen molar-refractivity contribution in [2.24, 2.45) is 17.8 Å². The van der Waals surface area contributed by atoms with E-state index < -0.39 is 0 Å². The topological polar surface area (TPSA) is 17.1 Å². The first-order chi connectivity index (χ1) is 7.15. The van der Waals surface area contributed by atoms with E-state index in [1.165, 1.54) is 19.3 Å². The largest absolute Gasteiger partial charge is 0.300 e. The van der Waals surface area contributed by atoms with Crippen LogP contribution in [0.15, 0.2) is 0 Å². The van der Waals surface area contributed by atoms with Gasteiger partial charge in [0.25, 0.3) is 0 Å². The van der Waals surface area contributed by atoms with Crippen molar-refractivity contribution in [2.45, 2.75) is 66.7 Å². The molecule has 1 rings (SSSR count). The summed E-state index contributed by atoms with van der Waals surface area (Å²) in [7, 11) is 0. The van der Waals surface area contributed by atoms with Gasteiger partial charge in [0.05, 0.1) is 0 Å². The van der Waals surface area contributed by atoms with Crippen molar-refractivity contribution in [3.05, 3.63) is 0 Å². The number of ketones is 1. The van der Waals surface area contributed by atoms with Crippen molar-refractivity contribution in [1.29, 1.82) is 0 Å². The Balaban J connectivity index is 0.000000921. The Morgan fingerprint density at radius 3 is 2.00 bits per heavy atom. The first kappa shape index (κ1) is 14.7. The highest BCUT2D eigenvalue weighted by Gasteiger charge is 2.26. The molecule has 1 unspecified atom stereocenters. The van der Waals surface area contributed by atoms with Gasteiger partial charge in [-0.15, -0.1) is 0 Å². The number of Topliss-reactive ketones (excluding diaryl/α,β-unsaturated/α-hetero) is 1. The fraction of sp³-hybridized carbons (Fsp3) is 0.929. The third-order valence-electron chi connectivity index (χ3n) is 3.80. The lowest BCUT2D eigenvalue weighted by Gasteiger charge is -2.30. The first-order valence-electron chi connectivity index (χ1n) is 6.65. The summed E-state index contributed by atoms with van der Waals surface area (Å²) in [5, 5.41) is 0. The maximum atomic E-state index is 11.1. The monoisotopic (exact) mass is 212 g/mol. The van der Waals surface area contributed by atoms with Crippen LogP contribution in [0, 0.1) is 17.8 Å². The van der Waals surface area contributed by atoms with Crippen molar-refractivity contribution in [3.63, 3.8) is 0 Å². The first-order valence-corrected chi connectivity index (χ1v) is 6.65. The van der Waals surface area contributed by atoms with Gasteiger partial charge in [-0.05, 0) is 44.4 Å². The minimum Gasteiger partial charge on any atom is -0.300 e. The zero-order valence-electron chi connectivity index (χ0n) is 11.2. The maximum absolute atomic E-state index is 11.1. The van der Waals surface area contributed by atoms with E-state index in [4.69, 9.17) is 0 Å². The zero-order valence-corrected chi connectivity index (χ0v) is 11.2. The molecule has 0 aliphatic heterocycles. The summed E-state index contributed by atoms with van der Waals surface area (Å²) < 4.78 is 0. The smallest absolute Gasteiger partial charge is 0.132 e. The Kier molecular flexibility index (Phi) is 7.72. The summed E-state index contributed by atoms with van der Waals surface area (Å²) in [6.45, 7) is 10.4. The third kappa shape index (κ3) is 4.81. The molecule has 0 radical (unpaired) electrons. The van der Waals surface area contributed by atoms with Gasteiger partial charge in [0.1, 0.15) is 5.78 Å². The van der Waals surface area contributed by atoms with Crippen LogP contribution in [0.4, 0.5) is 0 Å². The van der Waals surface area contributed by atoms with Crippen molar-refractivity contribution in [2.75, 3.05) is 0 Å². The van der Waals surface area contributed by atoms with Gasteiger partial charge < -0.3 is 0 Å². The van der Waals surface area contributed by atoms with Crippen LogP contribution in [0.25, 0.3) is 0 Å². The Hall–Kier alpha value is -0.330. The molecule has 1 saturated carbocycles. The molecule has 0 aromatic carbocycles. The number of hydrogen-bond acceptors (Lipinski definition) is 1. The molecule has 0 heterocycles. The lowest BCUT2D eigenvalue weighted by atomic mass is 9.75. The molecular formula is C14H28O. The predicted molar refractivity (Wildman–Crippen MR) is 66.9 cm³/mol. The van der Waals surface area contributed by atoms with Gasteiger partial charge in [-0.3, -0.25) is 4.79 Å². The second kappa shape index (κ2) is 7.90. The Bertz CT molecular complexity index is 166. The van der Waals surface area contributed by atoms with Crippen molar-refractivity contribution < 1.29 is 4.79 Å². The molecule has 0 saturated heterocycles. The highest BCUT2D eigenvalue weighted by molar-refractivity contribution is 5.78. The molecule has 0 aromatic heterocycles. The van der Waals surface area contributed by atoms with Crippen LogP contribution >= 0.6 is 0 Å². The molecule has 0 aromatic rings.